The molecule has 0 aliphatic heterocycles. The van der Waals surface area contributed by atoms with Crippen LogP contribution >= 0.6 is 0 Å². The van der Waals surface area contributed by atoms with E-state index >= 15 is 0 Å². The fourth-order valence-corrected chi connectivity index (χ4v) is 3.44. The first-order valence-electron chi connectivity index (χ1n) is 7.23. The second-order valence-electron chi connectivity index (χ2n) is 6.07. The lowest BCUT2D eigenvalue weighted by atomic mass is 9.83. The SMILES string of the molecule is CC1CCC(CNC2CCCC2CN)CC1. The molecular formula is C14H28N2. The van der Waals surface area contributed by atoms with Crippen molar-refractivity contribution < 1.29 is 0 Å². The first-order chi connectivity index (χ1) is 7.79. The molecule has 0 radical (unpaired) electrons. The Morgan fingerprint density at radius 2 is 1.81 bits per heavy atom. The van der Waals surface area contributed by atoms with Crippen LogP contribution in [-0.4, -0.2) is 19.1 Å². The fourth-order valence-electron chi connectivity index (χ4n) is 3.44. The van der Waals surface area contributed by atoms with Crippen molar-refractivity contribution in [2.24, 2.45) is 23.5 Å². The molecule has 2 atom stereocenters. The molecule has 2 saturated carbocycles. The topological polar surface area (TPSA) is 38.0 Å². The quantitative estimate of drug-likeness (QED) is 0.770. The Hall–Kier alpha value is -0.0800. The highest BCUT2D eigenvalue weighted by Gasteiger charge is 2.26. The summed E-state index contributed by atoms with van der Waals surface area (Å²) in [6, 6.07) is 0.726. The molecular weight excluding hydrogens is 196 g/mol. The van der Waals surface area contributed by atoms with Gasteiger partial charge in [0.2, 0.25) is 0 Å². The van der Waals surface area contributed by atoms with E-state index in [0.29, 0.717) is 0 Å². The number of rotatable bonds is 4. The van der Waals surface area contributed by atoms with Gasteiger partial charge >= 0.3 is 0 Å². The highest BCUT2D eigenvalue weighted by atomic mass is 14.9. The van der Waals surface area contributed by atoms with E-state index in [2.05, 4.69) is 12.2 Å². The summed E-state index contributed by atoms with van der Waals surface area (Å²) in [5.41, 5.74) is 5.81. The normalized spacial score (nSPS) is 40.1. The summed E-state index contributed by atoms with van der Waals surface area (Å²) >= 11 is 0. The average Bonchev–Trinajstić information content (AvgIpc) is 2.76. The van der Waals surface area contributed by atoms with Crippen LogP contribution in [0.4, 0.5) is 0 Å². The molecule has 94 valence electrons. The largest absolute Gasteiger partial charge is 0.330 e. The van der Waals surface area contributed by atoms with Gasteiger partial charge in [0.05, 0.1) is 0 Å². The Bertz CT molecular complexity index is 197. The van der Waals surface area contributed by atoms with Crippen molar-refractivity contribution in [3.63, 3.8) is 0 Å². The van der Waals surface area contributed by atoms with Crippen LogP contribution in [0.25, 0.3) is 0 Å². The lowest BCUT2D eigenvalue weighted by Gasteiger charge is -2.28. The van der Waals surface area contributed by atoms with E-state index < -0.39 is 0 Å². The van der Waals surface area contributed by atoms with Crippen LogP contribution in [0.1, 0.15) is 51.9 Å². The van der Waals surface area contributed by atoms with Gasteiger partial charge in [-0.05, 0) is 56.5 Å². The van der Waals surface area contributed by atoms with E-state index in [1.54, 1.807) is 0 Å². The maximum absolute atomic E-state index is 5.81. The zero-order chi connectivity index (χ0) is 11.4. The summed E-state index contributed by atoms with van der Waals surface area (Å²) < 4.78 is 0. The molecule has 0 aromatic carbocycles. The molecule has 0 spiro atoms. The van der Waals surface area contributed by atoms with Crippen molar-refractivity contribution in [1.29, 1.82) is 0 Å². The van der Waals surface area contributed by atoms with Gasteiger partial charge in [0.1, 0.15) is 0 Å². The molecule has 2 aliphatic rings. The van der Waals surface area contributed by atoms with E-state index in [0.717, 1.165) is 30.3 Å². The molecule has 16 heavy (non-hydrogen) atoms. The van der Waals surface area contributed by atoms with Crippen LogP contribution in [0.2, 0.25) is 0 Å². The Morgan fingerprint density at radius 1 is 1.06 bits per heavy atom. The Balaban J connectivity index is 1.67. The van der Waals surface area contributed by atoms with Crippen molar-refractivity contribution in [2.45, 2.75) is 57.9 Å². The second-order valence-corrected chi connectivity index (χ2v) is 6.07. The van der Waals surface area contributed by atoms with Crippen molar-refractivity contribution in [3.05, 3.63) is 0 Å². The molecule has 0 amide bonds. The summed E-state index contributed by atoms with van der Waals surface area (Å²) in [5, 5.41) is 3.79. The van der Waals surface area contributed by atoms with Crippen LogP contribution in [-0.2, 0) is 0 Å². The van der Waals surface area contributed by atoms with Gasteiger partial charge in [-0.15, -0.1) is 0 Å². The third-order valence-corrected chi connectivity index (χ3v) is 4.77. The van der Waals surface area contributed by atoms with Crippen LogP contribution in [0, 0.1) is 17.8 Å². The number of hydrogen-bond acceptors (Lipinski definition) is 2. The smallest absolute Gasteiger partial charge is 0.0107 e. The number of nitrogens with two attached hydrogens (primary N) is 1. The van der Waals surface area contributed by atoms with Gasteiger partial charge in [-0.1, -0.05) is 26.2 Å². The van der Waals surface area contributed by atoms with Gasteiger partial charge in [0, 0.05) is 6.04 Å². The molecule has 2 aliphatic carbocycles. The fraction of sp³-hybridized carbons (Fsp3) is 1.00. The summed E-state index contributed by atoms with van der Waals surface area (Å²) in [6.45, 7) is 4.51. The monoisotopic (exact) mass is 224 g/mol. The summed E-state index contributed by atoms with van der Waals surface area (Å²) in [5.74, 6) is 2.66. The number of hydrogen-bond donors (Lipinski definition) is 2. The van der Waals surface area contributed by atoms with E-state index in [9.17, 15) is 0 Å². The van der Waals surface area contributed by atoms with Crippen LogP contribution in [0.15, 0.2) is 0 Å². The zero-order valence-electron chi connectivity index (χ0n) is 10.8. The molecule has 0 saturated heterocycles. The van der Waals surface area contributed by atoms with E-state index in [1.807, 2.05) is 0 Å². The summed E-state index contributed by atoms with van der Waals surface area (Å²) in [4.78, 5) is 0. The molecule has 0 aromatic rings. The van der Waals surface area contributed by atoms with Gasteiger partial charge in [0.15, 0.2) is 0 Å². The van der Waals surface area contributed by atoms with E-state index in [4.69, 9.17) is 5.73 Å². The molecule has 2 rings (SSSR count). The van der Waals surface area contributed by atoms with E-state index in [-0.39, 0.29) is 0 Å². The van der Waals surface area contributed by atoms with Crippen molar-refractivity contribution in [3.8, 4) is 0 Å². The van der Waals surface area contributed by atoms with Gasteiger partial charge < -0.3 is 11.1 Å². The van der Waals surface area contributed by atoms with Crippen LogP contribution in [0.3, 0.4) is 0 Å². The minimum atomic E-state index is 0.726. The molecule has 2 heteroatoms. The summed E-state index contributed by atoms with van der Waals surface area (Å²) in [7, 11) is 0. The minimum Gasteiger partial charge on any atom is -0.330 e. The van der Waals surface area contributed by atoms with Crippen LogP contribution < -0.4 is 11.1 Å². The van der Waals surface area contributed by atoms with Gasteiger partial charge in [-0.25, -0.2) is 0 Å². The third kappa shape index (κ3) is 3.21. The number of nitrogens with one attached hydrogen (secondary N) is 1. The minimum absolute atomic E-state index is 0.726. The highest BCUT2D eigenvalue weighted by Crippen LogP contribution is 2.29. The molecule has 2 unspecified atom stereocenters. The second kappa shape index (κ2) is 6.02. The average molecular weight is 224 g/mol. The first kappa shape index (κ1) is 12.4. The predicted octanol–water partition coefficient (Wildman–Crippen LogP) is 2.53. The Labute approximate surface area is 100 Å². The third-order valence-electron chi connectivity index (χ3n) is 4.77. The van der Waals surface area contributed by atoms with Crippen LogP contribution in [0.5, 0.6) is 0 Å². The Morgan fingerprint density at radius 3 is 2.50 bits per heavy atom. The van der Waals surface area contributed by atoms with Gasteiger partial charge in [-0.2, -0.15) is 0 Å². The molecule has 0 bridgehead atoms. The molecule has 2 nitrogen and oxygen atoms in total. The highest BCUT2D eigenvalue weighted by molar-refractivity contribution is 4.84. The summed E-state index contributed by atoms with van der Waals surface area (Å²) in [6.07, 6.45) is 9.83. The van der Waals surface area contributed by atoms with E-state index in [1.165, 1.54) is 51.5 Å². The van der Waals surface area contributed by atoms with Gasteiger partial charge in [0.25, 0.3) is 0 Å². The maximum Gasteiger partial charge on any atom is 0.0107 e. The van der Waals surface area contributed by atoms with Crippen molar-refractivity contribution >= 4 is 0 Å². The molecule has 0 aromatic heterocycles. The first-order valence-corrected chi connectivity index (χ1v) is 7.23. The molecule has 0 heterocycles. The maximum atomic E-state index is 5.81. The van der Waals surface area contributed by atoms with Gasteiger partial charge in [-0.3, -0.25) is 0 Å². The van der Waals surface area contributed by atoms with Crippen molar-refractivity contribution in [2.75, 3.05) is 13.1 Å². The molecule has 2 fully saturated rings. The Kier molecular flexibility index (Phi) is 4.66. The lowest BCUT2D eigenvalue weighted by molar-refractivity contribution is 0.265. The lowest BCUT2D eigenvalue weighted by Crippen LogP contribution is -2.39. The zero-order valence-corrected chi connectivity index (χ0v) is 10.8. The predicted molar refractivity (Wildman–Crippen MR) is 69.3 cm³/mol. The van der Waals surface area contributed by atoms with Crippen molar-refractivity contribution in [1.82, 2.24) is 5.32 Å². The standard InChI is InChI=1S/C14H28N2/c1-11-5-7-12(8-6-11)10-16-14-4-2-3-13(14)9-15/h11-14,16H,2-10,15H2,1H3. The molecule has 3 N–H and O–H groups in total.